The number of imidazole rings is 1. The van der Waals surface area contributed by atoms with Crippen molar-refractivity contribution in [1.82, 2.24) is 9.55 Å². The second-order valence-electron chi connectivity index (χ2n) is 8.46. The van der Waals surface area contributed by atoms with Crippen molar-refractivity contribution in [3.05, 3.63) is 29.4 Å². The van der Waals surface area contributed by atoms with Gasteiger partial charge in [0.1, 0.15) is 11.3 Å². The van der Waals surface area contributed by atoms with E-state index in [9.17, 15) is 22.4 Å². The Hall–Kier alpha value is -2.63. The average molecular weight is 410 g/mol. The van der Waals surface area contributed by atoms with Gasteiger partial charge in [-0.05, 0) is 38.3 Å². The second-order valence-corrected chi connectivity index (χ2v) is 8.46. The molecule has 1 heterocycles. The van der Waals surface area contributed by atoms with Gasteiger partial charge in [-0.1, -0.05) is 20.8 Å². The fourth-order valence-electron chi connectivity index (χ4n) is 3.52. The zero-order chi connectivity index (χ0) is 21.8. The lowest BCUT2D eigenvalue weighted by molar-refractivity contribution is -0.226. The van der Waals surface area contributed by atoms with E-state index in [0.29, 0.717) is 5.52 Å². The van der Waals surface area contributed by atoms with Crippen LogP contribution < -0.4 is 5.32 Å². The topological polar surface area (TPSA) is 51.3 Å². The summed E-state index contributed by atoms with van der Waals surface area (Å²) in [6.45, 7) is 12.2. The number of hydrogen-bond acceptors (Lipinski definition) is 2. The summed E-state index contributed by atoms with van der Waals surface area (Å²) in [5.74, 6) is -2.96. The summed E-state index contributed by atoms with van der Waals surface area (Å²) in [7, 11) is 0. The van der Waals surface area contributed by atoms with Crippen molar-refractivity contribution in [3.8, 4) is 0 Å². The van der Waals surface area contributed by atoms with Crippen LogP contribution in [-0.2, 0) is 10.3 Å². The SMILES string of the molecule is [C-]#[N+]c1cc(F)c2nc(NC(=O)C(C)C(C)(C)C(F)(F)F)n(C3(C)CCC3)c2c1. The summed E-state index contributed by atoms with van der Waals surface area (Å²) in [4.78, 5) is 20.1. The van der Waals surface area contributed by atoms with Crippen molar-refractivity contribution in [1.29, 1.82) is 0 Å². The third-order valence-corrected chi connectivity index (χ3v) is 6.24. The lowest BCUT2D eigenvalue weighted by Gasteiger charge is -2.41. The minimum atomic E-state index is -4.57. The van der Waals surface area contributed by atoms with Gasteiger partial charge in [-0.25, -0.2) is 14.2 Å². The lowest BCUT2D eigenvalue weighted by Crippen LogP contribution is -2.44. The number of anilines is 1. The Morgan fingerprint density at radius 3 is 2.45 bits per heavy atom. The summed E-state index contributed by atoms with van der Waals surface area (Å²) < 4.78 is 56.2. The molecule has 0 spiro atoms. The van der Waals surface area contributed by atoms with Gasteiger partial charge < -0.3 is 4.57 Å². The van der Waals surface area contributed by atoms with Gasteiger partial charge in [0.05, 0.1) is 17.5 Å². The van der Waals surface area contributed by atoms with Gasteiger partial charge in [0.2, 0.25) is 11.9 Å². The number of aromatic nitrogens is 2. The predicted octanol–water partition coefficient (Wildman–Crippen LogP) is 5.79. The van der Waals surface area contributed by atoms with Crippen LogP contribution in [0.4, 0.5) is 29.2 Å². The minimum absolute atomic E-state index is 0.00180. The lowest BCUT2D eigenvalue weighted by atomic mass is 9.78. The second kappa shape index (κ2) is 6.71. The quantitative estimate of drug-likeness (QED) is 0.512. The number of fused-ring (bicyclic) bond motifs is 1. The number of amides is 1. The molecule has 1 aliphatic carbocycles. The maximum Gasteiger partial charge on any atom is 0.394 e. The third-order valence-electron chi connectivity index (χ3n) is 6.24. The first-order chi connectivity index (χ1) is 13.3. The van der Waals surface area contributed by atoms with Gasteiger partial charge >= 0.3 is 6.18 Å². The van der Waals surface area contributed by atoms with Crippen molar-refractivity contribution in [2.45, 2.75) is 58.7 Å². The molecule has 1 amide bonds. The van der Waals surface area contributed by atoms with E-state index in [2.05, 4.69) is 15.1 Å². The highest BCUT2D eigenvalue weighted by molar-refractivity contribution is 5.94. The number of benzene rings is 1. The van der Waals surface area contributed by atoms with E-state index in [-0.39, 0.29) is 17.2 Å². The molecular formula is C20H22F4N4O. The maximum absolute atomic E-state index is 14.5. The molecule has 29 heavy (non-hydrogen) atoms. The van der Waals surface area contributed by atoms with Crippen LogP contribution in [0.5, 0.6) is 0 Å². The van der Waals surface area contributed by atoms with Crippen molar-refractivity contribution < 1.29 is 22.4 Å². The smallest absolute Gasteiger partial charge is 0.305 e. The molecule has 0 bridgehead atoms. The first-order valence-corrected chi connectivity index (χ1v) is 9.29. The van der Waals surface area contributed by atoms with Crippen LogP contribution >= 0.6 is 0 Å². The molecule has 0 saturated heterocycles. The molecule has 1 saturated carbocycles. The van der Waals surface area contributed by atoms with E-state index in [1.807, 2.05) is 6.92 Å². The van der Waals surface area contributed by atoms with Crippen LogP contribution in [0.3, 0.4) is 0 Å². The average Bonchev–Trinajstić information content (AvgIpc) is 2.96. The fourth-order valence-corrected chi connectivity index (χ4v) is 3.52. The normalized spacial score (nSPS) is 17.5. The van der Waals surface area contributed by atoms with Crippen LogP contribution in [0.15, 0.2) is 12.1 Å². The van der Waals surface area contributed by atoms with Gasteiger partial charge in [0.25, 0.3) is 0 Å². The Bertz CT molecular complexity index is 1010. The highest BCUT2D eigenvalue weighted by atomic mass is 19.4. The van der Waals surface area contributed by atoms with Crippen molar-refractivity contribution >= 4 is 28.6 Å². The molecule has 5 nitrogen and oxygen atoms in total. The fraction of sp³-hybridized carbons (Fsp3) is 0.550. The predicted molar refractivity (Wildman–Crippen MR) is 101 cm³/mol. The summed E-state index contributed by atoms with van der Waals surface area (Å²) in [5.41, 5.74) is -2.31. The van der Waals surface area contributed by atoms with Gasteiger partial charge in [-0.15, -0.1) is 0 Å². The maximum atomic E-state index is 14.5. The number of nitrogens with zero attached hydrogens (tertiary/aromatic N) is 3. The first-order valence-electron chi connectivity index (χ1n) is 9.29. The molecule has 3 rings (SSSR count). The number of carbonyl (C=O) groups is 1. The van der Waals surface area contributed by atoms with Crippen LogP contribution in [0.25, 0.3) is 15.9 Å². The number of halogens is 4. The van der Waals surface area contributed by atoms with E-state index in [1.165, 1.54) is 13.0 Å². The van der Waals surface area contributed by atoms with Crippen LogP contribution in [0, 0.1) is 23.7 Å². The largest absolute Gasteiger partial charge is 0.394 e. The summed E-state index contributed by atoms with van der Waals surface area (Å²) >= 11 is 0. The van der Waals surface area contributed by atoms with E-state index < -0.39 is 34.8 Å². The monoisotopic (exact) mass is 410 g/mol. The molecule has 0 radical (unpaired) electrons. The number of nitrogens with one attached hydrogen (secondary N) is 1. The molecule has 9 heteroatoms. The molecule has 1 fully saturated rings. The zero-order valence-corrected chi connectivity index (χ0v) is 16.6. The highest BCUT2D eigenvalue weighted by Gasteiger charge is 2.53. The molecule has 1 aromatic carbocycles. The van der Waals surface area contributed by atoms with Crippen molar-refractivity contribution in [2.24, 2.45) is 11.3 Å². The Kier molecular flexibility index (Phi) is 4.88. The molecule has 1 atom stereocenters. The molecule has 0 aliphatic heterocycles. The Labute approximate surface area is 165 Å². The Balaban J connectivity index is 2.08. The van der Waals surface area contributed by atoms with E-state index >= 15 is 0 Å². The van der Waals surface area contributed by atoms with E-state index in [1.54, 1.807) is 4.57 Å². The number of rotatable bonds is 4. The molecule has 156 valence electrons. The Morgan fingerprint density at radius 1 is 1.34 bits per heavy atom. The van der Waals surface area contributed by atoms with Gasteiger partial charge in [0, 0.05) is 11.5 Å². The number of hydrogen-bond donors (Lipinski definition) is 1. The summed E-state index contributed by atoms with van der Waals surface area (Å²) in [6.07, 6.45) is -2.16. The van der Waals surface area contributed by atoms with Crippen LogP contribution in [0.1, 0.15) is 47.0 Å². The molecule has 1 aliphatic rings. The molecule has 1 unspecified atom stereocenters. The standard InChI is InChI=1S/C20H22F4N4O/c1-11(18(2,3)20(22,23)24)16(29)27-17-26-15-13(21)9-12(25-5)10-14(15)28(17)19(4)7-6-8-19/h9-11H,6-8H2,1-4H3,(H,26,27,29). The Morgan fingerprint density at radius 2 is 1.97 bits per heavy atom. The summed E-state index contributed by atoms with van der Waals surface area (Å²) in [6, 6.07) is 2.54. The van der Waals surface area contributed by atoms with Crippen molar-refractivity contribution in [3.63, 3.8) is 0 Å². The number of alkyl halides is 3. The molecule has 1 N–H and O–H groups in total. The van der Waals surface area contributed by atoms with Gasteiger partial charge in [0.15, 0.2) is 5.69 Å². The molecular weight excluding hydrogens is 388 g/mol. The van der Waals surface area contributed by atoms with E-state index in [4.69, 9.17) is 6.57 Å². The van der Waals surface area contributed by atoms with Gasteiger partial charge in [-0.3, -0.25) is 10.1 Å². The minimum Gasteiger partial charge on any atom is -0.305 e. The third kappa shape index (κ3) is 3.34. The van der Waals surface area contributed by atoms with Crippen molar-refractivity contribution in [2.75, 3.05) is 5.32 Å². The molecule has 1 aromatic heterocycles. The van der Waals surface area contributed by atoms with Gasteiger partial charge in [-0.2, -0.15) is 13.2 Å². The van der Waals surface area contributed by atoms with E-state index in [0.717, 1.165) is 39.2 Å². The highest BCUT2D eigenvalue weighted by Crippen LogP contribution is 2.46. The summed E-state index contributed by atoms with van der Waals surface area (Å²) in [5, 5.41) is 2.49. The first kappa shape index (κ1) is 21.1. The number of carbonyl (C=O) groups excluding carboxylic acids is 1. The van der Waals surface area contributed by atoms with Crippen LogP contribution in [-0.4, -0.2) is 21.6 Å². The zero-order valence-electron chi connectivity index (χ0n) is 16.6. The van der Waals surface area contributed by atoms with Crippen LogP contribution in [0.2, 0.25) is 0 Å². The molecule has 2 aromatic rings.